The van der Waals surface area contributed by atoms with Crippen LogP contribution in [0.25, 0.3) is 0 Å². The number of aliphatic imine (C=N–C) groups is 1. The van der Waals surface area contributed by atoms with Crippen molar-refractivity contribution in [3.8, 4) is 6.07 Å². The molecule has 2 rings (SSSR count). The Balaban J connectivity index is 1.88. The second-order valence-corrected chi connectivity index (χ2v) is 7.86. The summed E-state index contributed by atoms with van der Waals surface area (Å²) < 4.78 is 2.20. The molecular formula is C17H24N6S2. The molecule has 2 heterocycles. The van der Waals surface area contributed by atoms with E-state index in [1.807, 2.05) is 18.6 Å². The molecule has 0 aromatic carbocycles. The molecule has 134 valence electrons. The molecule has 0 N–H and O–H groups in total. The van der Waals surface area contributed by atoms with Gasteiger partial charge in [-0.25, -0.2) is 4.98 Å². The van der Waals surface area contributed by atoms with E-state index in [0.717, 1.165) is 41.1 Å². The molecule has 0 spiro atoms. The first-order valence-corrected chi connectivity index (χ1v) is 10.4. The van der Waals surface area contributed by atoms with Crippen LogP contribution in [0.2, 0.25) is 0 Å². The van der Waals surface area contributed by atoms with Crippen molar-refractivity contribution in [3.63, 3.8) is 0 Å². The lowest BCUT2D eigenvalue weighted by Crippen LogP contribution is -2.10. The van der Waals surface area contributed by atoms with Crippen molar-refractivity contribution in [2.75, 3.05) is 12.8 Å². The lowest BCUT2D eigenvalue weighted by atomic mass is 10.2. The van der Waals surface area contributed by atoms with E-state index in [0.29, 0.717) is 12.5 Å². The van der Waals surface area contributed by atoms with E-state index in [2.05, 4.69) is 44.7 Å². The molecular weight excluding hydrogens is 352 g/mol. The molecule has 0 radical (unpaired) electrons. The summed E-state index contributed by atoms with van der Waals surface area (Å²) in [7, 11) is 0. The highest BCUT2D eigenvalue weighted by molar-refractivity contribution is 7.98. The molecule has 0 saturated heterocycles. The summed E-state index contributed by atoms with van der Waals surface area (Å²) in [6.45, 7) is 7.93. The minimum Gasteiger partial charge on any atom is -0.306 e. The Morgan fingerprint density at radius 3 is 2.84 bits per heavy atom. The zero-order valence-electron chi connectivity index (χ0n) is 15.1. The predicted octanol–water partition coefficient (Wildman–Crippen LogP) is 3.73. The van der Waals surface area contributed by atoms with Gasteiger partial charge in [-0.3, -0.25) is 4.99 Å². The first-order valence-electron chi connectivity index (χ1n) is 8.32. The smallest absolute Gasteiger partial charge is 0.190 e. The second kappa shape index (κ2) is 9.68. The minimum absolute atomic E-state index is 0.355. The number of thiazole rings is 1. The highest BCUT2D eigenvalue weighted by Gasteiger charge is 2.13. The van der Waals surface area contributed by atoms with E-state index in [9.17, 15) is 5.26 Å². The zero-order valence-corrected chi connectivity index (χ0v) is 16.8. The molecule has 6 nitrogen and oxygen atoms in total. The average molecular weight is 377 g/mol. The second-order valence-electron chi connectivity index (χ2n) is 6.20. The van der Waals surface area contributed by atoms with Gasteiger partial charge in [0.15, 0.2) is 5.16 Å². The molecule has 0 aliphatic heterocycles. The minimum atomic E-state index is -0.355. The fraction of sp³-hybridized carbons (Fsp3) is 0.588. The van der Waals surface area contributed by atoms with Crippen LogP contribution < -0.4 is 0 Å². The fourth-order valence-electron chi connectivity index (χ4n) is 2.38. The Morgan fingerprint density at radius 2 is 2.24 bits per heavy atom. The van der Waals surface area contributed by atoms with Crippen molar-refractivity contribution in [1.29, 1.82) is 5.26 Å². The third-order valence-corrected chi connectivity index (χ3v) is 5.22. The Bertz CT molecular complexity index is 741. The van der Waals surface area contributed by atoms with Gasteiger partial charge < -0.3 is 4.57 Å². The largest absolute Gasteiger partial charge is 0.306 e. The number of aromatic nitrogens is 4. The summed E-state index contributed by atoms with van der Waals surface area (Å²) in [5.74, 6) is 1.21. The topological polar surface area (TPSA) is 79.8 Å². The van der Waals surface area contributed by atoms with Crippen LogP contribution in [0.1, 0.15) is 42.7 Å². The van der Waals surface area contributed by atoms with Crippen molar-refractivity contribution in [2.24, 2.45) is 10.9 Å². The van der Waals surface area contributed by atoms with Gasteiger partial charge in [-0.1, -0.05) is 25.6 Å². The van der Waals surface area contributed by atoms with Gasteiger partial charge in [0.25, 0.3) is 0 Å². The molecule has 2 aromatic rings. The first-order chi connectivity index (χ1) is 12.0. The van der Waals surface area contributed by atoms with Crippen molar-refractivity contribution < 1.29 is 0 Å². The lowest BCUT2D eigenvalue weighted by molar-refractivity contribution is 0.478. The van der Waals surface area contributed by atoms with E-state index in [1.54, 1.807) is 18.0 Å². The summed E-state index contributed by atoms with van der Waals surface area (Å²) in [5.41, 5.74) is 0.947. The van der Waals surface area contributed by atoms with Crippen molar-refractivity contribution >= 4 is 29.3 Å². The summed E-state index contributed by atoms with van der Waals surface area (Å²) in [6, 6.07) is 2.25. The molecule has 1 atom stereocenters. The number of hydrogen-bond acceptors (Lipinski definition) is 7. The van der Waals surface area contributed by atoms with Crippen LogP contribution in [-0.4, -0.2) is 38.8 Å². The fourth-order valence-corrected chi connectivity index (χ4v) is 3.70. The van der Waals surface area contributed by atoms with Gasteiger partial charge in [0.2, 0.25) is 0 Å². The SMILES string of the molecule is CSc1nnc(CCCN=C[C@H](C#N)c2nc(C)cs2)n1CC(C)C. The number of nitriles is 1. The zero-order chi connectivity index (χ0) is 18.2. The number of thioether (sulfide) groups is 1. The number of nitrogens with zero attached hydrogens (tertiary/aromatic N) is 6. The third-order valence-electron chi connectivity index (χ3n) is 3.51. The number of aryl methyl sites for hydroxylation is 2. The van der Waals surface area contributed by atoms with E-state index < -0.39 is 0 Å². The van der Waals surface area contributed by atoms with Gasteiger partial charge in [0, 0.05) is 36.8 Å². The Kier molecular flexibility index (Phi) is 7.59. The molecule has 0 fully saturated rings. The lowest BCUT2D eigenvalue weighted by Gasteiger charge is -2.11. The van der Waals surface area contributed by atoms with Gasteiger partial charge in [-0.2, -0.15) is 5.26 Å². The van der Waals surface area contributed by atoms with Crippen LogP contribution in [-0.2, 0) is 13.0 Å². The van der Waals surface area contributed by atoms with Gasteiger partial charge in [-0.05, 0) is 25.5 Å². The van der Waals surface area contributed by atoms with Crippen molar-refractivity contribution in [1.82, 2.24) is 19.7 Å². The molecule has 0 aliphatic rings. The van der Waals surface area contributed by atoms with Crippen molar-refractivity contribution in [3.05, 3.63) is 21.9 Å². The molecule has 2 aromatic heterocycles. The first kappa shape index (κ1) is 19.6. The Hall–Kier alpha value is -1.72. The highest BCUT2D eigenvalue weighted by Crippen LogP contribution is 2.19. The van der Waals surface area contributed by atoms with Crippen LogP contribution >= 0.6 is 23.1 Å². The van der Waals surface area contributed by atoms with Gasteiger partial charge in [-0.15, -0.1) is 21.5 Å². The summed E-state index contributed by atoms with van der Waals surface area (Å²) >= 11 is 3.13. The normalized spacial score (nSPS) is 12.8. The third kappa shape index (κ3) is 5.65. The van der Waals surface area contributed by atoms with E-state index >= 15 is 0 Å². The van der Waals surface area contributed by atoms with Crippen LogP contribution in [0.4, 0.5) is 0 Å². The van der Waals surface area contributed by atoms with Crippen LogP contribution in [0.5, 0.6) is 0 Å². The van der Waals surface area contributed by atoms with Crippen molar-refractivity contribution in [2.45, 2.75) is 51.2 Å². The van der Waals surface area contributed by atoms with Crippen LogP contribution in [0.15, 0.2) is 15.5 Å². The van der Waals surface area contributed by atoms with Crippen LogP contribution in [0.3, 0.4) is 0 Å². The Labute approximate surface area is 157 Å². The van der Waals surface area contributed by atoms with Gasteiger partial charge >= 0.3 is 0 Å². The summed E-state index contributed by atoms with van der Waals surface area (Å²) in [5, 5.41) is 21.6. The Morgan fingerprint density at radius 1 is 1.44 bits per heavy atom. The molecule has 0 aliphatic carbocycles. The maximum atomic E-state index is 9.27. The maximum Gasteiger partial charge on any atom is 0.190 e. The maximum absolute atomic E-state index is 9.27. The van der Waals surface area contributed by atoms with Gasteiger partial charge in [0.05, 0.1) is 6.07 Å². The summed E-state index contributed by atoms with van der Waals surface area (Å²) in [4.78, 5) is 8.78. The molecule has 0 amide bonds. The number of rotatable bonds is 9. The van der Waals surface area contributed by atoms with E-state index in [-0.39, 0.29) is 5.92 Å². The highest BCUT2D eigenvalue weighted by atomic mass is 32.2. The molecule has 0 unspecified atom stereocenters. The molecule has 0 bridgehead atoms. The average Bonchev–Trinajstić information content (AvgIpc) is 3.17. The number of hydrogen-bond donors (Lipinski definition) is 0. The summed E-state index contributed by atoms with van der Waals surface area (Å²) in [6.07, 6.45) is 5.46. The van der Waals surface area contributed by atoms with Crippen LogP contribution in [0, 0.1) is 24.2 Å². The predicted molar refractivity (Wildman–Crippen MR) is 104 cm³/mol. The standard InChI is InChI=1S/C17H24N6S2/c1-12(2)10-23-15(21-22-17(23)24-4)6-5-7-19-9-14(8-18)16-20-13(3)11-25-16/h9,11-12,14H,5-7,10H2,1-4H3/t14-/m0/s1. The molecule has 8 heteroatoms. The van der Waals surface area contributed by atoms with E-state index in [4.69, 9.17) is 0 Å². The quantitative estimate of drug-likeness (QED) is 0.378. The monoisotopic (exact) mass is 376 g/mol. The van der Waals surface area contributed by atoms with Gasteiger partial charge in [0.1, 0.15) is 16.7 Å². The van der Waals surface area contributed by atoms with E-state index in [1.165, 1.54) is 11.3 Å². The molecule has 0 saturated carbocycles. The molecule has 25 heavy (non-hydrogen) atoms.